The Morgan fingerprint density at radius 2 is 1.87 bits per heavy atom. The molecule has 1 aromatic heterocycles. The van der Waals surface area contributed by atoms with Crippen LogP contribution in [0.2, 0.25) is 0 Å². The summed E-state index contributed by atoms with van der Waals surface area (Å²) in [6, 6.07) is 14.0. The first-order valence-corrected chi connectivity index (χ1v) is 10.4. The van der Waals surface area contributed by atoms with Gasteiger partial charge in [-0.1, -0.05) is 23.8 Å². The van der Waals surface area contributed by atoms with Crippen molar-refractivity contribution in [3.05, 3.63) is 71.5 Å². The summed E-state index contributed by atoms with van der Waals surface area (Å²) in [6.07, 6.45) is 3.63. The molecule has 2 aromatic carbocycles. The molecule has 1 N–H and O–H groups in total. The molecule has 31 heavy (non-hydrogen) atoms. The maximum atomic E-state index is 9.98. The number of rotatable bonds is 7. The Hall–Kier alpha value is -2.87. The van der Waals surface area contributed by atoms with Gasteiger partial charge in [-0.3, -0.25) is 4.90 Å². The first-order chi connectivity index (χ1) is 15.1. The fraction of sp³-hybridized carbons (Fsp3) is 0.375. The van der Waals surface area contributed by atoms with E-state index in [0.717, 1.165) is 23.4 Å². The van der Waals surface area contributed by atoms with Gasteiger partial charge in [0.25, 0.3) is 0 Å². The molecule has 164 valence electrons. The monoisotopic (exact) mass is 423 g/mol. The molecule has 2 heterocycles. The lowest BCUT2D eigenvalue weighted by Gasteiger charge is -2.40. The highest BCUT2D eigenvalue weighted by Crippen LogP contribution is 2.36. The van der Waals surface area contributed by atoms with Crippen molar-refractivity contribution in [2.45, 2.75) is 25.6 Å². The maximum absolute atomic E-state index is 9.98. The zero-order valence-corrected chi connectivity index (χ0v) is 18.2. The molecule has 0 amide bonds. The van der Waals surface area contributed by atoms with E-state index >= 15 is 0 Å². The summed E-state index contributed by atoms with van der Waals surface area (Å²) < 4.78 is 18.7. The molecule has 1 fully saturated rings. The van der Waals surface area contributed by atoms with Crippen molar-refractivity contribution in [2.75, 3.05) is 34.0 Å². The first-order valence-electron chi connectivity index (χ1n) is 10.4. The van der Waals surface area contributed by atoms with Crippen molar-refractivity contribution in [1.29, 1.82) is 0 Å². The number of aliphatic hydroxyl groups excluding tert-OH is 1. The van der Waals surface area contributed by atoms with E-state index in [1.54, 1.807) is 14.2 Å². The van der Waals surface area contributed by atoms with Crippen LogP contribution in [0.5, 0.6) is 11.5 Å². The van der Waals surface area contributed by atoms with Gasteiger partial charge in [-0.05, 0) is 36.8 Å². The molecule has 0 saturated carbocycles. The third-order valence-electron chi connectivity index (χ3n) is 5.71. The van der Waals surface area contributed by atoms with E-state index in [1.165, 1.54) is 5.56 Å². The lowest BCUT2D eigenvalue weighted by Crippen LogP contribution is -2.46. The van der Waals surface area contributed by atoms with Crippen LogP contribution in [0.3, 0.4) is 0 Å². The molecule has 4 rings (SSSR count). The zero-order chi connectivity index (χ0) is 21.8. The molecule has 7 heteroatoms. The van der Waals surface area contributed by atoms with Crippen LogP contribution in [0.4, 0.5) is 0 Å². The highest BCUT2D eigenvalue weighted by molar-refractivity contribution is 5.44. The number of aromatic nitrogens is 2. The predicted molar refractivity (Wildman–Crippen MR) is 118 cm³/mol. The Morgan fingerprint density at radius 1 is 1.10 bits per heavy atom. The Bertz CT molecular complexity index is 1000. The molecule has 1 aliphatic rings. The fourth-order valence-corrected chi connectivity index (χ4v) is 4.09. The maximum Gasteiger partial charge on any atom is 0.161 e. The Balaban J connectivity index is 1.59. The van der Waals surface area contributed by atoms with Gasteiger partial charge in [0.05, 0.1) is 45.4 Å². The zero-order valence-electron chi connectivity index (χ0n) is 18.2. The topological polar surface area (TPSA) is 69.0 Å². The van der Waals surface area contributed by atoms with Crippen molar-refractivity contribution in [3.8, 4) is 17.2 Å². The molecule has 2 atom stereocenters. The lowest BCUT2D eigenvalue weighted by molar-refractivity contribution is -0.0961. The Morgan fingerprint density at radius 3 is 2.58 bits per heavy atom. The normalized spacial score (nSPS) is 19.4. The molecule has 0 radical (unpaired) electrons. The van der Waals surface area contributed by atoms with Crippen LogP contribution in [0.1, 0.15) is 22.7 Å². The van der Waals surface area contributed by atoms with Crippen molar-refractivity contribution in [1.82, 2.24) is 14.7 Å². The summed E-state index contributed by atoms with van der Waals surface area (Å²) in [5.41, 5.74) is 4.37. The van der Waals surface area contributed by atoms with Crippen LogP contribution >= 0.6 is 0 Å². The predicted octanol–water partition coefficient (Wildman–Crippen LogP) is 3.13. The average molecular weight is 424 g/mol. The smallest absolute Gasteiger partial charge is 0.161 e. The number of hydrogen-bond donors (Lipinski definition) is 1. The number of aryl methyl sites for hydroxylation is 1. The van der Waals surface area contributed by atoms with Crippen LogP contribution < -0.4 is 9.47 Å². The van der Waals surface area contributed by atoms with Crippen molar-refractivity contribution >= 4 is 0 Å². The molecule has 3 aromatic rings. The second kappa shape index (κ2) is 9.51. The largest absolute Gasteiger partial charge is 0.493 e. The quantitative estimate of drug-likeness (QED) is 0.630. The van der Waals surface area contributed by atoms with Gasteiger partial charge >= 0.3 is 0 Å². The van der Waals surface area contributed by atoms with E-state index < -0.39 is 0 Å². The van der Waals surface area contributed by atoms with Gasteiger partial charge in [0.15, 0.2) is 11.5 Å². The van der Waals surface area contributed by atoms with E-state index in [9.17, 15) is 5.11 Å². The van der Waals surface area contributed by atoms with E-state index in [4.69, 9.17) is 14.2 Å². The highest BCUT2D eigenvalue weighted by atomic mass is 16.5. The van der Waals surface area contributed by atoms with Gasteiger partial charge in [-0.15, -0.1) is 0 Å². The van der Waals surface area contributed by atoms with Crippen molar-refractivity contribution in [2.24, 2.45) is 0 Å². The minimum atomic E-state index is -0.320. The molecule has 0 unspecified atom stereocenters. The van der Waals surface area contributed by atoms with Gasteiger partial charge in [0, 0.05) is 24.8 Å². The number of ether oxygens (including phenoxy) is 3. The molecule has 0 aliphatic carbocycles. The van der Waals surface area contributed by atoms with Gasteiger partial charge in [-0.2, -0.15) is 5.10 Å². The van der Waals surface area contributed by atoms with Crippen LogP contribution in [0, 0.1) is 6.92 Å². The third-order valence-corrected chi connectivity index (χ3v) is 5.71. The SMILES string of the molecule is COc1ccc([C@@H]2[C@@H](CO)OCCN2Cc2cnn(-c3ccc(C)cc3)c2)cc1OC. The van der Waals surface area contributed by atoms with E-state index in [2.05, 4.69) is 47.4 Å². The van der Waals surface area contributed by atoms with Gasteiger partial charge < -0.3 is 19.3 Å². The molecule has 7 nitrogen and oxygen atoms in total. The first kappa shape index (κ1) is 21.4. The molecule has 1 aliphatic heterocycles. The van der Waals surface area contributed by atoms with Crippen LogP contribution in [0.25, 0.3) is 5.69 Å². The second-order valence-electron chi connectivity index (χ2n) is 7.75. The molecule has 0 spiro atoms. The van der Waals surface area contributed by atoms with Crippen LogP contribution in [0.15, 0.2) is 54.9 Å². The molecular weight excluding hydrogens is 394 g/mol. The number of aliphatic hydroxyl groups is 1. The number of benzene rings is 2. The average Bonchev–Trinajstić information content (AvgIpc) is 3.27. The summed E-state index contributed by atoms with van der Waals surface area (Å²) in [5, 5.41) is 14.5. The van der Waals surface area contributed by atoms with Crippen molar-refractivity contribution in [3.63, 3.8) is 0 Å². The Kier molecular flexibility index (Phi) is 6.56. The lowest BCUT2D eigenvalue weighted by atomic mass is 9.97. The number of nitrogens with zero attached hydrogens (tertiary/aromatic N) is 3. The van der Waals surface area contributed by atoms with E-state index in [-0.39, 0.29) is 18.8 Å². The molecule has 1 saturated heterocycles. The highest BCUT2D eigenvalue weighted by Gasteiger charge is 2.34. The fourth-order valence-electron chi connectivity index (χ4n) is 4.09. The summed E-state index contributed by atoms with van der Waals surface area (Å²) in [4.78, 5) is 2.32. The van der Waals surface area contributed by atoms with Crippen molar-refractivity contribution < 1.29 is 19.3 Å². The minimum absolute atomic E-state index is 0.0574. The van der Waals surface area contributed by atoms with Gasteiger partial charge in [0.2, 0.25) is 0 Å². The van der Waals surface area contributed by atoms with E-state index in [1.807, 2.05) is 29.1 Å². The summed E-state index contributed by atoms with van der Waals surface area (Å²) in [5.74, 6) is 1.34. The second-order valence-corrected chi connectivity index (χ2v) is 7.75. The number of methoxy groups -OCH3 is 2. The summed E-state index contributed by atoms with van der Waals surface area (Å²) in [6.45, 7) is 4.04. The number of hydrogen-bond acceptors (Lipinski definition) is 6. The summed E-state index contributed by atoms with van der Waals surface area (Å²) in [7, 11) is 3.25. The van der Waals surface area contributed by atoms with E-state index in [0.29, 0.717) is 24.7 Å². The molecular formula is C24H29N3O4. The van der Waals surface area contributed by atoms with Crippen LogP contribution in [-0.4, -0.2) is 59.9 Å². The summed E-state index contributed by atoms with van der Waals surface area (Å²) >= 11 is 0. The minimum Gasteiger partial charge on any atom is -0.493 e. The standard InChI is InChI=1S/C24H29N3O4/c1-17-4-7-20(8-5-17)27-15-18(13-25-27)14-26-10-11-31-23(16-28)24(26)19-6-9-21(29-2)22(12-19)30-3/h4-9,12-13,15,23-24,28H,10-11,14,16H2,1-3H3/t23-,24-/m1/s1. The Labute approximate surface area is 182 Å². The van der Waals surface area contributed by atoms with Gasteiger partial charge in [0.1, 0.15) is 6.10 Å². The number of morpholine rings is 1. The van der Waals surface area contributed by atoms with Crippen LogP contribution in [-0.2, 0) is 11.3 Å². The third kappa shape index (κ3) is 4.58. The van der Waals surface area contributed by atoms with Gasteiger partial charge in [-0.25, -0.2) is 4.68 Å². The molecule has 0 bridgehead atoms.